The molecule has 0 saturated carbocycles. The van der Waals surface area contributed by atoms with Crippen molar-refractivity contribution in [1.82, 2.24) is 4.90 Å². The monoisotopic (exact) mass is 351 g/mol. The van der Waals surface area contributed by atoms with Crippen LogP contribution in [0.3, 0.4) is 0 Å². The summed E-state index contributed by atoms with van der Waals surface area (Å²) in [5, 5.41) is 0. The minimum atomic E-state index is -0.0825. The molecule has 0 bridgehead atoms. The lowest BCUT2D eigenvalue weighted by molar-refractivity contribution is 0.100. The number of nitrogens with two attached hydrogens (primary N) is 1. The summed E-state index contributed by atoms with van der Waals surface area (Å²) in [6.07, 6.45) is 3.31. The quantitative estimate of drug-likeness (QED) is 0.839. The maximum atomic E-state index is 13.1. The number of hydrogen-bond donors (Lipinski definition) is 1. The second kappa shape index (κ2) is 8.63. The molecule has 26 heavy (non-hydrogen) atoms. The van der Waals surface area contributed by atoms with Crippen LogP contribution in [0.15, 0.2) is 54.6 Å². The van der Waals surface area contributed by atoms with Crippen LogP contribution in [0.25, 0.3) is 0 Å². The number of nitrogens with zero attached hydrogens (tertiary/aromatic N) is 2. The van der Waals surface area contributed by atoms with E-state index in [-0.39, 0.29) is 18.4 Å². The predicted octanol–water partition coefficient (Wildman–Crippen LogP) is 3.44. The average Bonchev–Trinajstić information content (AvgIpc) is 2.72. The molecule has 5 heteroatoms. The molecule has 0 unspecified atom stereocenters. The van der Waals surface area contributed by atoms with Gasteiger partial charge < -0.3 is 10.6 Å². The molecule has 1 heterocycles. The number of carbonyl (C=O) groups excluding carboxylic acids is 2. The van der Waals surface area contributed by atoms with E-state index in [9.17, 15) is 9.59 Å². The van der Waals surface area contributed by atoms with Gasteiger partial charge in [-0.15, -0.1) is 0 Å². The van der Waals surface area contributed by atoms with Gasteiger partial charge in [-0.25, -0.2) is 4.79 Å². The van der Waals surface area contributed by atoms with Gasteiger partial charge in [-0.3, -0.25) is 9.69 Å². The van der Waals surface area contributed by atoms with Crippen molar-refractivity contribution in [2.45, 2.75) is 25.8 Å². The Kier molecular flexibility index (Phi) is 6.02. The summed E-state index contributed by atoms with van der Waals surface area (Å²) in [5.41, 5.74) is 7.87. The highest BCUT2D eigenvalue weighted by atomic mass is 16.2. The molecule has 0 radical (unpaired) electrons. The first-order valence-electron chi connectivity index (χ1n) is 9.13. The third-order valence-electron chi connectivity index (χ3n) is 4.73. The lowest BCUT2D eigenvalue weighted by atomic mass is 10.1. The summed E-state index contributed by atoms with van der Waals surface area (Å²) in [4.78, 5) is 28.5. The average molecular weight is 351 g/mol. The topological polar surface area (TPSA) is 66.6 Å². The van der Waals surface area contributed by atoms with Crippen LogP contribution < -0.4 is 10.6 Å². The highest BCUT2D eigenvalue weighted by Crippen LogP contribution is 2.21. The zero-order chi connectivity index (χ0) is 18.4. The molecule has 2 amide bonds. The third-order valence-corrected chi connectivity index (χ3v) is 4.73. The van der Waals surface area contributed by atoms with Crippen molar-refractivity contribution in [3.8, 4) is 0 Å². The Labute approximate surface area is 154 Å². The van der Waals surface area contributed by atoms with Crippen molar-refractivity contribution in [1.29, 1.82) is 0 Å². The highest BCUT2D eigenvalue weighted by molar-refractivity contribution is 5.97. The van der Waals surface area contributed by atoms with Crippen molar-refractivity contribution in [3.63, 3.8) is 0 Å². The first-order chi connectivity index (χ1) is 12.7. The van der Waals surface area contributed by atoms with Crippen LogP contribution in [0, 0.1) is 0 Å². The molecule has 3 rings (SSSR count). The number of likely N-dealkylation sites (tertiary alicyclic amines) is 1. The summed E-state index contributed by atoms with van der Waals surface area (Å²) in [6, 6.07) is 17.1. The molecule has 5 nitrogen and oxygen atoms in total. The van der Waals surface area contributed by atoms with Gasteiger partial charge in [-0.1, -0.05) is 42.5 Å². The van der Waals surface area contributed by atoms with Gasteiger partial charge in [0.25, 0.3) is 0 Å². The second-order valence-electron chi connectivity index (χ2n) is 6.58. The van der Waals surface area contributed by atoms with Crippen molar-refractivity contribution in [2.75, 3.05) is 24.5 Å². The van der Waals surface area contributed by atoms with E-state index in [2.05, 4.69) is 0 Å². The van der Waals surface area contributed by atoms with Crippen LogP contribution in [0.2, 0.25) is 0 Å². The Balaban J connectivity index is 1.81. The standard InChI is InChI=1S/C21H25N3O2/c22-15-20(25)18-11-9-17(10-12-18)16-24(19-7-3-1-4-8-19)21(26)23-13-5-2-6-14-23/h1,3-4,7-12H,2,5-6,13-16,22H2. The fourth-order valence-electron chi connectivity index (χ4n) is 3.23. The van der Waals surface area contributed by atoms with E-state index in [0.29, 0.717) is 12.1 Å². The van der Waals surface area contributed by atoms with E-state index in [4.69, 9.17) is 5.73 Å². The molecule has 1 aliphatic rings. The number of ketones is 1. The van der Waals surface area contributed by atoms with Gasteiger partial charge in [0.1, 0.15) is 0 Å². The Morgan fingerprint density at radius 2 is 1.58 bits per heavy atom. The molecule has 2 aromatic rings. The number of urea groups is 1. The molecular weight excluding hydrogens is 326 g/mol. The molecule has 2 N–H and O–H groups in total. The van der Waals surface area contributed by atoms with E-state index in [0.717, 1.165) is 37.2 Å². The summed E-state index contributed by atoms with van der Waals surface area (Å²) >= 11 is 0. The third kappa shape index (κ3) is 4.29. The van der Waals surface area contributed by atoms with Gasteiger partial charge in [0.05, 0.1) is 13.1 Å². The zero-order valence-corrected chi connectivity index (χ0v) is 14.9. The van der Waals surface area contributed by atoms with Gasteiger partial charge in [0.15, 0.2) is 5.78 Å². The SMILES string of the molecule is NCC(=O)c1ccc(CN(C(=O)N2CCCCC2)c2ccccc2)cc1. The minimum absolute atomic E-state index is 0.00291. The van der Waals surface area contributed by atoms with Gasteiger partial charge in [-0.05, 0) is 37.0 Å². The second-order valence-corrected chi connectivity index (χ2v) is 6.58. The first kappa shape index (κ1) is 18.1. The molecule has 1 fully saturated rings. The molecule has 1 aliphatic heterocycles. The Morgan fingerprint density at radius 1 is 0.923 bits per heavy atom. The van der Waals surface area contributed by atoms with E-state index >= 15 is 0 Å². The number of carbonyl (C=O) groups is 2. The molecule has 1 saturated heterocycles. The number of para-hydroxylation sites is 1. The maximum Gasteiger partial charge on any atom is 0.324 e. The number of anilines is 1. The number of hydrogen-bond acceptors (Lipinski definition) is 3. The smallest absolute Gasteiger partial charge is 0.324 e. The van der Waals surface area contributed by atoms with Gasteiger partial charge in [0, 0.05) is 24.3 Å². The van der Waals surface area contributed by atoms with Gasteiger partial charge in [0.2, 0.25) is 0 Å². The van der Waals surface area contributed by atoms with Crippen LogP contribution in [0.5, 0.6) is 0 Å². The number of benzene rings is 2. The van der Waals surface area contributed by atoms with Crippen molar-refractivity contribution < 1.29 is 9.59 Å². The zero-order valence-electron chi connectivity index (χ0n) is 14.9. The molecule has 0 atom stereocenters. The molecular formula is C21H25N3O2. The lowest BCUT2D eigenvalue weighted by Crippen LogP contribution is -2.45. The largest absolute Gasteiger partial charge is 0.324 e. The van der Waals surface area contributed by atoms with E-state index in [1.54, 1.807) is 12.1 Å². The Bertz CT molecular complexity index is 738. The molecule has 2 aromatic carbocycles. The summed E-state index contributed by atoms with van der Waals surface area (Å²) in [5.74, 6) is -0.0825. The molecule has 0 spiro atoms. The maximum absolute atomic E-state index is 13.1. The molecule has 0 aliphatic carbocycles. The number of Topliss-reactive ketones (excluding diaryl/α,β-unsaturated/α-hetero) is 1. The molecule has 136 valence electrons. The predicted molar refractivity (Wildman–Crippen MR) is 103 cm³/mol. The van der Waals surface area contributed by atoms with E-state index in [1.807, 2.05) is 52.3 Å². The van der Waals surface area contributed by atoms with Crippen molar-refractivity contribution in [2.24, 2.45) is 5.73 Å². The van der Waals surface area contributed by atoms with Crippen molar-refractivity contribution in [3.05, 3.63) is 65.7 Å². The fourth-order valence-corrected chi connectivity index (χ4v) is 3.23. The number of amides is 2. The Morgan fingerprint density at radius 3 is 2.19 bits per heavy atom. The van der Waals surface area contributed by atoms with E-state index in [1.165, 1.54) is 6.42 Å². The Hall–Kier alpha value is -2.66. The van der Waals surface area contributed by atoms with Crippen LogP contribution >= 0.6 is 0 Å². The highest BCUT2D eigenvalue weighted by Gasteiger charge is 2.24. The summed E-state index contributed by atoms with van der Waals surface area (Å²) in [7, 11) is 0. The van der Waals surface area contributed by atoms with Crippen LogP contribution in [-0.4, -0.2) is 36.3 Å². The first-order valence-corrected chi connectivity index (χ1v) is 9.13. The summed E-state index contributed by atoms with van der Waals surface area (Å²) < 4.78 is 0. The van der Waals surface area contributed by atoms with Crippen LogP contribution in [-0.2, 0) is 6.54 Å². The van der Waals surface area contributed by atoms with Crippen LogP contribution in [0.1, 0.15) is 35.2 Å². The molecule has 0 aromatic heterocycles. The van der Waals surface area contributed by atoms with Gasteiger partial charge >= 0.3 is 6.03 Å². The van der Waals surface area contributed by atoms with Crippen molar-refractivity contribution >= 4 is 17.5 Å². The summed E-state index contributed by atoms with van der Waals surface area (Å²) in [6.45, 7) is 2.09. The number of rotatable bonds is 5. The lowest BCUT2D eigenvalue weighted by Gasteiger charge is -2.33. The minimum Gasteiger partial charge on any atom is -0.324 e. The fraction of sp³-hybridized carbons (Fsp3) is 0.333. The van der Waals surface area contributed by atoms with Crippen LogP contribution in [0.4, 0.5) is 10.5 Å². The normalized spacial score (nSPS) is 14.1. The number of piperidine rings is 1. The van der Waals surface area contributed by atoms with E-state index < -0.39 is 0 Å². The van der Waals surface area contributed by atoms with Gasteiger partial charge in [-0.2, -0.15) is 0 Å².